The van der Waals surface area contributed by atoms with Crippen LogP contribution in [0.4, 0.5) is 0 Å². The monoisotopic (exact) mass is 428 g/mol. The number of rotatable bonds is 8. The SMILES string of the molecule is CCCN(Cc1ccc(C)cc1)C(=O)CSc1nnc(-c2ccccc2Cl)n1C. The zero-order chi connectivity index (χ0) is 20.8. The third-order valence-corrected chi connectivity index (χ3v) is 5.95. The standard InChI is InChI=1S/C22H25ClN4OS/c1-4-13-27(14-17-11-9-16(2)10-12-17)20(28)15-29-22-25-24-21(26(22)3)18-7-5-6-8-19(18)23/h5-12H,4,13-15H2,1-3H3. The highest BCUT2D eigenvalue weighted by atomic mass is 35.5. The number of halogens is 1. The first-order valence-corrected chi connectivity index (χ1v) is 11.0. The van der Waals surface area contributed by atoms with E-state index in [2.05, 4.69) is 48.3 Å². The van der Waals surface area contributed by atoms with E-state index >= 15 is 0 Å². The number of aromatic nitrogens is 3. The number of carbonyl (C=O) groups excluding carboxylic acids is 1. The van der Waals surface area contributed by atoms with Crippen molar-refractivity contribution in [3.63, 3.8) is 0 Å². The van der Waals surface area contributed by atoms with E-state index in [9.17, 15) is 4.79 Å². The Morgan fingerprint density at radius 3 is 2.55 bits per heavy atom. The second-order valence-corrected chi connectivity index (χ2v) is 8.28. The summed E-state index contributed by atoms with van der Waals surface area (Å²) in [6, 6.07) is 15.9. The van der Waals surface area contributed by atoms with Crippen molar-refractivity contribution in [2.24, 2.45) is 7.05 Å². The summed E-state index contributed by atoms with van der Waals surface area (Å²) in [5.41, 5.74) is 3.19. The summed E-state index contributed by atoms with van der Waals surface area (Å²) < 4.78 is 1.88. The van der Waals surface area contributed by atoms with Crippen LogP contribution in [0.1, 0.15) is 24.5 Å². The maximum Gasteiger partial charge on any atom is 0.233 e. The normalized spacial score (nSPS) is 10.9. The van der Waals surface area contributed by atoms with E-state index in [1.54, 1.807) is 0 Å². The van der Waals surface area contributed by atoms with Gasteiger partial charge in [0.15, 0.2) is 11.0 Å². The smallest absolute Gasteiger partial charge is 0.233 e. The molecule has 0 aliphatic rings. The van der Waals surface area contributed by atoms with Crippen LogP contribution >= 0.6 is 23.4 Å². The first-order valence-electron chi connectivity index (χ1n) is 9.60. The average Bonchev–Trinajstić information content (AvgIpc) is 3.08. The molecule has 29 heavy (non-hydrogen) atoms. The van der Waals surface area contributed by atoms with Crippen molar-refractivity contribution in [2.45, 2.75) is 32.0 Å². The molecule has 1 amide bonds. The van der Waals surface area contributed by atoms with E-state index in [1.165, 1.54) is 17.3 Å². The molecule has 0 bridgehead atoms. The van der Waals surface area contributed by atoms with Gasteiger partial charge in [0.1, 0.15) is 0 Å². The van der Waals surface area contributed by atoms with E-state index in [-0.39, 0.29) is 5.91 Å². The quantitative estimate of drug-likeness (QED) is 0.475. The fourth-order valence-corrected chi connectivity index (χ4v) is 4.05. The lowest BCUT2D eigenvalue weighted by atomic mass is 10.1. The molecule has 0 atom stereocenters. The van der Waals surface area contributed by atoms with E-state index in [0.29, 0.717) is 28.3 Å². The Kier molecular flexibility index (Phi) is 7.34. The summed E-state index contributed by atoms with van der Waals surface area (Å²) in [5, 5.41) is 9.84. The van der Waals surface area contributed by atoms with Gasteiger partial charge in [-0.1, -0.05) is 72.2 Å². The molecule has 3 rings (SSSR count). The van der Waals surface area contributed by atoms with Gasteiger partial charge < -0.3 is 9.47 Å². The summed E-state index contributed by atoms with van der Waals surface area (Å²) in [6.45, 7) is 5.50. The number of thioether (sulfide) groups is 1. The highest BCUT2D eigenvalue weighted by molar-refractivity contribution is 7.99. The first-order chi connectivity index (χ1) is 14.0. The molecule has 152 valence electrons. The highest BCUT2D eigenvalue weighted by Gasteiger charge is 2.18. The van der Waals surface area contributed by atoms with Gasteiger partial charge in [0.2, 0.25) is 5.91 Å². The van der Waals surface area contributed by atoms with Crippen LogP contribution in [0.3, 0.4) is 0 Å². The molecular formula is C22H25ClN4OS. The Morgan fingerprint density at radius 2 is 1.86 bits per heavy atom. The number of hydrogen-bond acceptors (Lipinski definition) is 4. The van der Waals surface area contributed by atoms with Gasteiger partial charge in [0, 0.05) is 25.7 Å². The van der Waals surface area contributed by atoms with Gasteiger partial charge in [-0.2, -0.15) is 0 Å². The van der Waals surface area contributed by atoms with Crippen LogP contribution in [-0.2, 0) is 18.4 Å². The van der Waals surface area contributed by atoms with E-state index in [0.717, 1.165) is 24.1 Å². The minimum absolute atomic E-state index is 0.0970. The largest absolute Gasteiger partial charge is 0.338 e. The molecule has 0 saturated carbocycles. The van der Waals surface area contributed by atoms with Crippen molar-refractivity contribution < 1.29 is 4.79 Å². The van der Waals surface area contributed by atoms with Crippen molar-refractivity contribution in [1.29, 1.82) is 0 Å². The molecule has 0 unspecified atom stereocenters. The van der Waals surface area contributed by atoms with Gasteiger partial charge in [-0.25, -0.2) is 0 Å². The lowest BCUT2D eigenvalue weighted by molar-refractivity contribution is -0.129. The summed E-state index contributed by atoms with van der Waals surface area (Å²) in [6.07, 6.45) is 0.920. The predicted octanol–water partition coefficient (Wildman–Crippen LogP) is 4.97. The Labute approximate surface area is 181 Å². The van der Waals surface area contributed by atoms with Crippen LogP contribution in [0.5, 0.6) is 0 Å². The molecule has 0 aliphatic carbocycles. The molecule has 2 aromatic carbocycles. The van der Waals surface area contributed by atoms with Crippen molar-refractivity contribution in [3.05, 3.63) is 64.7 Å². The van der Waals surface area contributed by atoms with Crippen LogP contribution < -0.4 is 0 Å². The summed E-state index contributed by atoms with van der Waals surface area (Å²) in [4.78, 5) is 14.8. The number of amides is 1. The summed E-state index contributed by atoms with van der Waals surface area (Å²) in [5.74, 6) is 1.11. The second-order valence-electron chi connectivity index (χ2n) is 6.93. The molecule has 0 saturated heterocycles. The minimum Gasteiger partial charge on any atom is -0.338 e. The minimum atomic E-state index is 0.0970. The van der Waals surface area contributed by atoms with Crippen molar-refractivity contribution >= 4 is 29.3 Å². The third-order valence-electron chi connectivity index (χ3n) is 4.61. The van der Waals surface area contributed by atoms with Gasteiger partial charge in [0.05, 0.1) is 10.8 Å². The Hall–Kier alpha value is -2.31. The van der Waals surface area contributed by atoms with E-state index < -0.39 is 0 Å². The van der Waals surface area contributed by atoms with Crippen LogP contribution in [0, 0.1) is 6.92 Å². The Balaban J connectivity index is 1.67. The zero-order valence-corrected chi connectivity index (χ0v) is 18.5. The maximum atomic E-state index is 12.8. The number of hydrogen-bond donors (Lipinski definition) is 0. The van der Waals surface area contributed by atoms with Crippen LogP contribution in [0.2, 0.25) is 5.02 Å². The fourth-order valence-electron chi connectivity index (χ4n) is 3.01. The lowest BCUT2D eigenvalue weighted by Crippen LogP contribution is -2.32. The number of nitrogens with zero attached hydrogens (tertiary/aromatic N) is 4. The maximum absolute atomic E-state index is 12.8. The van der Waals surface area contributed by atoms with E-state index in [4.69, 9.17) is 11.6 Å². The van der Waals surface area contributed by atoms with Crippen molar-refractivity contribution in [1.82, 2.24) is 19.7 Å². The molecule has 0 spiro atoms. The van der Waals surface area contributed by atoms with E-state index in [1.807, 2.05) is 40.8 Å². The first kappa shape index (κ1) is 21.4. The molecule has 7 heteroatoms. The molecule has 3 aromatic rings. The molecule has 0 N–H and O–H groups in total. The molecule has 1 heterocycles. The third kappa shape index (κ3) is 5.40. The van der Waals surface area contributed by atoms with Gasteiger partial charge in [0.25, 0.3) is 0 Å². The van der Waals surface area contributed by atoms with Crippen molar-refractivity contribution in [3.8, 4) is 11.4 Å². The van der Waals surface area contributed by atoms with Crippen LogP contribution in [0.15, 0.2) is 53.7 Å². The van der Waals surface area contributed by atoms with Gasteiger partial charge >= 0.3 is 0 Å². The summed E-state index contributed by atoms with van der Waals surface area (Å²) in [7, 11) is 1.89. The lowest BCUT2D eigenvalue weighted by Gasteiger charge is -2.22. The van der Waals surface area contributed by atoms with Gasteiger partial charge in [-0.15, -0.1) is 10.2 Å². The number of carbonyl (C=O) groups is 1. The average molecular weight is 429 g/mol. The van der Waals surface area contributed by atoms with Gasteiger partial charge in [-0.3, -0.25) is 4.79 Å². The molecular weight excluding hydrogens is 404 g/mol. The Morgan fingerprint density at radius 1 is 1.14 bits per heavy atom. The molecule has 0 fully saturated rings. The fraction of sp³-hybridized carbons (Fsp3) is 0.318. The molecule has 1 aromatic heterocycles. The molecule has 0 radical (unpaired) electrons. The number of benzene rings is 2. The predicted molar refractivity (Wildman–Crippen MR) is 119 cm³/mol. The highest BCUT2D eigenvalue weighted by Crippen LogP contribution is 2.28. The van der Waals surface area contributed by atoms with Crippen LogP contribution in [-0.4, -0.2) is 37.9 Å². The van der Waals surface area contributed by atoms with Crippen molar-refractivity contribution in [2.75, 3.05) is 12.3 Å². The summed E-state index contributed by atoms with van der Waals surface area (Å²) >= 11 is 7.68. The number of aryl methyl sites for hydroxylation is 1. The molecule has 0 aliphatic heterocycles. The van der Waals surface area contributed by atoms with Crippen LogP contribution in [0.25, 0.3) is 11.4 Å². The zero-order valence-electron chi connectivity index (χ0n) is 16.9. The topological polar surface area (TPSA) is 51.0 Å². The van der Waals surface area contributed by atoms with Gasteiger partial charge in [-0.05, 0) is 31.0 Å². The molecule has 5 nitrogen and oxygen atoms in total. The second kappa shape index (κ2) is 9.94. The Bertz CT molecular complexity index is 971.